The van der Waals surface area contributed by atoms with Gasteiger partial charge in [-0.05, 0) is 19.3 Å². The number of rotatable bonds is 1. The Kier molecular flexibility index (Phi) is 2.72. The fourth-order valence-electron chi connectivity index (χ4n) is 3.20. The quantitative estimate of drug-likeness (QED) is 0.787. The van der Waals surface area contributed by atoms with Gasteiger partial charge in [-0.25, -0.2) is 4.98 Å². The maximum Gasteiger partial charge on any atom is 0.111 e. The Labute approximate surface area is 97.0 Å². The number of imidazole rings is 1. The van der Waals surface area contributed by atoms with Crippen LogP contribution in [-0.2, 0) is 13.0 Å². The summed E-state index contributed by atoms with van der Waals surface area (Å²) in [6.07, 6.45) is 11.0. The number of fused-ring (bicyclic) bond motifs is 1. The molecular formula is C13H21N3. The molecule has 16 heavy (non-hydrogen) atoms. The zero-order chi connectivity index (χ0) is 11.0. The van der Waals surface area contributed by atoms with Gasteiger partial charge in [-0.2, -0.15) is 0 Å². The van der Waals surface area contributed by atoms with Crippen LogP contribution in [0, 0.1) is 0 Å². The van der Waals surface area contributed by atoms with Crippen LogP contribution < -0.4 is 5.73 Å². The number of nitrogens with zero attached hydrogens (tertiary/aromatic N) is 2. The highest BCUT2D eigenvalue weighted by molar-refractivity contribution is 5.13. The van der Waals surface area contributed by atoms with Crippen molar-refractivity contribution in [1.82, 2.24) is 9.55 Å². The highest BCUT2D eigenvalue weighted by atomic mass is 15.1. The molecule has 1 saturated carbocycles. The van der Waals surface area contributed by atoms with Crippen LogP contribution in [0.2, 0.25) is 0 Å². The number of hydrogen-bond acceptors (Lipinski definition) is 2. The van der Waals surface area contributed by atoms with Crippen molar-refractivity contribution in [2.24, 2.45) is 5.73 Å². The Morgan fingerprint density at radius 2 is 2.00 bits per heavy atom. The van der Waals surface area contributed by atoms with E-state index in [0.29, 0.717) is 6.04 Å². The van der Waals surface area contributed by atoms with Crippen molar-refractivity contribution >= 4 is 0 Å². The molecule has 1 aliphatic carbocycles. The largest absolute Gasteiger partial charge is 0.332 e. The maximum absolute atomic E-state index is 6.00. The summed E-state index contributed by atoms with van der Waals surface area (Å²) in [6, 6.07) is 0.350. The van der Waals surface area contributed by atoms with E-state index in [0.717, 1.165) is 25.3 Å². The Morgan fingerprint density at radius 1 is 1.19 bits per heavy atom. The van der Waals surface area contributed by atoms with E-state index in [9.17, 15) is 0 Å². The first kappa shape index (κ1) is 10.3. The van der Waals surface area contributed by atoms with Gasteiger partial charge in [0.1, 0.15) is 5.82 Å². The number of aromatic nitrogens is 2. The first-order valence-electron chi connectivity index (χ1n) is 6.64. The molecule has 1 unspecified atom stereocenters. The van der Waals surface area contributed by atoms with Crippen molar-refractivity contribution < 1.29 is 0 Å². The lowest BCUT2D eigenvalue weighted by Crippen LogP contribution is -2.31. The zero-order valence-corrected chi connectivity index (χ0v) is 9.86. The molecule has 0 bridgehead atoms. The third kappa shape index (κ3) is 1.77. The van der Waals surface area contributed by atoms with Crippen LogP contribution >= 0.6 is 0 Å². The van der Waals surface area contributed by atoms with Crippen molar-refractivity contribution in [3.63, 3.8) is 0 Å². The summed E-state index contributed by atoms with van der Waals surface area (Å²) in [7, 11) is 0. The van der Waals surface area contributed by atoms with Gasteiger partial charge in [0.05, 0.1) is 0 Å². The van der Waals surface area contributed by atoms with Gasteiger partial charge in [0.15, 0.2) is 0 Å². The summed E-state index contributed by atoms with van der Waals surface area (Å²) in [5, 5.41) is 0. The number of nitrogens with two attached hydrogens (primary N) is 1. The SMILES string of the molecule is NC1CCn2c(cnc2C2CCCCC2)C1. The highest BCUT2D eigenvalue weighted by Crippen LogP contribution is 2.33. The minimum atomic E-state index is 0.350. The summed E-state index contributed by atoms with van der Waals surface area (Å²) in [4.78, 5) is 4.66. The van der Waals surface area contributed by atoms with Gasteiger partial charge < -0.3 is 10.3 Å². The molecule has 0 radical (unpaired) electrons. The lowest BCUT2D eigenvalue weighted by atomic mass is 9.88. The van der Waals surface area contributed by atoms with E-state index in [4.69, 9.17) is 5.73 Å². The van der Waals surface area contributed by atoms with Gasteiger partial charge in [0.25, 0.3) is 0 Å². The van der Waals surface area contributed by atoms with Crippen LogP contribution in [-0.4, -0.2) is 15.6 Å². The van der Waals surface area contributed by atoms with Crippen molar-refractivity contribution in [2.75, 3.05) is 0 Å². The Bertz CT molecular complexity index is 363. The van der Waals surface area contributed by atoms with Gasteiger partial charge in [-0.3, -0.25) is 0 Å². The third-order valence-electron chi connectivity index (χ3n) is 4.13. The molecule has 0 spiro atoms. The predicted octanol–water partition coefficient (Wildman–Crippen LogP) is 2.20. The molecule has 1 aromatic heterocycles. The molecule has 0 aromatic carbocycles. The first-order chi connectivity index (χ1) is 7.84. The van der Waals surface area contributed by atoms with Gasteiger partial charge in [0.2, 0.25) is 0 Å². The standard InChI is InChI=1S/C13H21N3/c14-11-6-7-16-12(8-11)9-15-13(16)10-4-2-1-3-5-10/h9-11H,1-8,14H2. The number of hydrogen-bond donors (Lipinski definition) is 1. The Morgan fingerprint density at radius 3 is 2.81 bits per heavy atom. The van der Waals surface area contributed by atoms with Gasteiger partial charge in [-0.1, -0.05) is 19.3 Å². The molecular weight excluding hydrogens is 198 g/mol. The molecule has 88 valence electrons. The Balaban J connectivity index is 1.85. The molecule has 0 saturated heterocycles. The minimum Gasteiger partial charge on any atom is -0.332 e. The van der Waals surface area contributed by atoms with E-state index in [1.54, 1.807) is 0 Å². The average Bonchev–Trinajstić information content (AvgIpc) is 2.73. The fourth-order valence-corrected chi connectivity index (χ4v) is 3.20. The molecule has 0 amide bonds. The smallest absolute Gasteiger partial charge is 0.111 e. The highest BCUT2D eigenvalue weighted by Gasteiger charge is 2.24. The molecule has 2 heterocycles. The van der Waals surface area contributed by atoms with Crippen LogP contribution in [0.4, 0.5) is 0 Å². The normalized spacial score (nSPS) is 26.7. The van der Waals surface area contributed by atoms with Crippen molar-refractivity contribution in [3.8, 4) is 0 Å². The van der Waals surface area contributed by atoms with Crippen LogP contribution in [0.3, 0.4) is 0 Å². The second kappa shape index (κ2) is 4.21. The molecule has 1 aromatic rings. The van der Waals surface area contributed by atoms with E-state index in [1.807, 2.05) is 0 Å². The fraction of sp³-hybridized carbons (Fsp3) is 0.769. The molecule has 2 N–H and O–H groups in total. The maximum atomic E-state index is 6.00. The molecule has 2 aliphatic rings. The average molecular weight is 219 g/mol. The lowest BCUT2D eigenvalue weighted by molar-refractivity contribution is 0.393. The monoisotopic (exact) mass is 219 g/mol. The molecule has 1 aliphatic heterocycles. The summed E-state index contributed by atoms with van der Waals surface area (Å²) in [6.45, 7) is 1.09. The van der Waals surface area contributed by atoms with E-state index in [1.165, 1.54) is 43.6 Å². The molecule has 1 fully saturated rings. The van der Waals surface area contributed by atoms with Gasteiger partial charge in [-0.15, -0.1) is 0 Å². The van der Waals surface area contributed by atoms with Gasteiger partial charge in [0, 0.05) is 36.8 Å². The second-order valence-corrected chi connectivity index (χ2v) is 5.35. The van der Waals surface area contributed by atoms with Crippen molar-refractivity contribution in [1.29, 1.82) is 0 Å². The molecule has 3 nitrogen and oxygen atoms in total. The second-order valence-electron chi connectivity index (χ2n) is 5.35. The first-order valence-corrected chi connectivity index (χ1v) is 6.64. The van der Waals surface area contributed by atoms with Crippen LogP contribution in [0.25, 0.3) is 0 Å². The van der Waals surface area contributed by atoms with E-state index < -0.39 is 0 Å². The van der Waals surface area contributed by atoms with Crippen LogP contribution in [0.5, 0.6) is 0 Å². The lowest BCUT2D eigenvalue weighted by Gasteiger charge is -2.26. The summed E-state index contributed by atoms with van der Waals surface area (Å²) < 4.78 is 2.44. The molecule has 3 heteroatoms. The van der Waals surface area contributed by atoms with Crippen molar-refractivity contribution in [2.45, 2.75) is 63.5 Å². The van der Waals surface area contributed by atoms with Crippen LogP contribution in [0.1, 0.15) is 56.0 Å². The summed E-state index contributed by atoms with van der Waals surface area (Å²) in [5.74, 6) is 2.07. The van der Waals surface area contributed by atoms with E-state index >= 15 is 0 Å². The minimum absolute atomic E-state index is 0.350. The zero-order valence-electron chi connectivity index (χ0n) is 9.86. The van der Waals surface area contributed by atoms with Gasteiger partial charge >= 0.3 is 0 Å². The summed E-state index contributed by atoms with van der Waals surface area (Å²) in [5.41, 5.74) is 7.36. The van der Waals surface area contributed by atoms with Crippen molar-refractivity contribution in [3.05, 3.63) is 17.7 Å². The van der Waals surface area contributed by atoms with E-state index in [2.05, 4.69) is 15.7 Å². The Hall–Kier alpha value is -0.830. The predicted molar refractivity (Wildman–Crippen MR) is 64.3 cm³/mol. The topological polar surface area (TPSA) is 43.8 Å². The molecule has 1 atom stereocenters. The third-order valence-corrected chi connectivity index (χ3v) is 4.13. The summed E-state index contributed by atoms with van der Waals surface area (Å²) >= 11 is 0. The molecule has 3 rings (SSSR count). The van der Waals surface area contributed by atoms with Crippen LogP contribution in [0.15, 0.2) is 6.20 Å². The van der Waals surface area contributed by atoms with E-state index in [-0.39, 0.29) is 0 Å².